The lowest BCUT2D eigenvalue weighted by Crippen LogP contribution is -2.36. The van der Waals surface area contributed by atoms with Crippen LogP contribution in [0.25, 0.3) is 5.69 Å². The van der Waals surface area contributed by atoms with Crippen molar-refractivity contribution in [3.8, 4) is 5.69 Å². The van der Waals surface area contributed by atoms with Gasteiger partial charge in [-0.15, -0.1) is 0 Å². The molecule has 0 fully saturated rings. The van der Waals surface area contributed by atoms with E-state index in [0.717, 1.165) is 14.9 Å². The van der Waals surface area contributed by atoms with Gasteiger partial charge in [-0.3, -0.25) is 4.79 Å². The first-order valence-corrected chi connectivity index (χ1v) is 8.44. The lowest BCUT2D eigenvalue weighted by Gasteiger charge is -2.25. The fourth-order valence-corrected chi connectivity index (χ4v) is 2.65. The summed E-state index contributed by atoms with van der Waals surface area (Å²) in [7, 11) is 1.69. The molecular formula is C18H18ClN5O2. The molecule has 134 valence electrons. The minimum Gasteiger partial charge on any atom is -0.337 e. The fourth-order valence-electron chi connectivity index (χ4n) is 2.53. The highest BCUT2D eigenvalue weighted by Gasteiger charge is 2.20. The third-order valence-electron chi connectivity index (χ3n) is 4.25. The van der Waals surface area contributed by atoms with E-state index in [1.165, 1.54) is 0 Å². The van der Waals surface area contributed by atoms with Crippen molar-refractivity contribution in [3.63, 3.8) is 0 Å². The molecule has 0 spiro atoms. The van der Waals surface area contributed by atoms with E-state index in [-0.39, 0.29) is 18.5 Å². The Morgan fingerprint density at radius 3 is 2.42 bits per heavy atom. The monoisotopic (exact) mass is 371 g/mol. The molecule has 0 saturated carbocycles. The summed E-state index contributed by atoms with van der Waals surface area (Å²) < 4.78 is 2.22. The molecule has 1 atom stereocenters. The van der Waals surface area contributed by atoms with Crippen molar-refractivity contribution < 1.29 is 4.79 Å². The predicted molar refractivity (Wildman–Crippen MR) is 98.3 cm³/mol. The Balaban J connectivity index is 1.75. The first kappa shape index (κ1) is 17.9. The zero-order chi connectivity index (χ0) is 18.7. The second-order valence-electron chi connectivity index (χ2n) is 5.90. The van der Waals surface area contributed by atoms with Crippen LogP contribution in [0.15, 0.2) is 59.4 Å². The number of hydrogen-bond acceptors (Lipinski definition) is 4. The first-order chi connectivity index (χ1) is 12.5. The highest BCUT2D eigenvalue weighted by Crippen LogP contribution is 2.21. The van der Waals surface area contributed by atoms with Gasteiger partial charge in [0.25, 0.3) is 0 Å². The summed E-state index contributed by atoms with van der Waals surface area (Å²) in [5.74, 6) is -0.241. The Hall–Kier alpha value is -2.93. The normalized spacial score (nSPS) is 12.0. The molecule has 8 heteroatoms. The van der Waals surface area contributed by atoms with Crippen molar-refractivity contribution >= 4 is 17.5 Å². The summed E-state index contributed by atoms with van der Waals surface area (Å²) in [6.45, 7) is 1.73. The van der Waals surface area contributed by atoms with Crippen LogP contribution in [-0.4, -0.2) is 37.6 Å². The van der Waals surface area contributed by atoms with E-state index >= 15 is 0 Å². The summed E-state index contributed by atoms with van der Waals surface area (Å²) >= 11 is 5.90. The van der Waals surface area contributed by atoms with Crippen LogP contribution < -0.4 is 5.69 Å². The third kappa shape index (κ3) is 3.67. The highest BCUT2D eigenvalue weighted by atomic mass is 35.5. The van der Waals surface area contributed by atoms with E-state index in [1.807, 2.05) is 25.1 Å². The van der Waals surface area contributed by atoms with E-state index in [9.17, 15) is 9.59 Å². The van der Waals surface area contributed by atoms with Crippen molar-refractivity contribution in [2.75, 3.05) is 7.05 Å². The molecule has 0 aliphatic rings. The van der Waals surface area contributed by atoms with Gasteiger partial charge < -0.3 is 4.90 Å². The van der Waals surface area contributed by atoms with Gasteiger partial charge in [0.15, 0.2) is 0 Å². The molecule has 7 nitrogen and oxygen atoms in total. The number of amides is 1. The van der Waals surface area contributed by atoms with Crippen LogP contribution in [0.3, 0.4) is 0 Å². The Morgan fingerprint density at radius 2 is 1.77 bits per heavy atom. The number of tetrazole rings is 1. The molecule has 1 heterocycles. The van der Waals surface area contributed by atoms with E-state index < -0.39 is 5.69 Å². The number of nitrogens with zero attached hydrogens (tertiary/aromatic N) is 5. The van der Waals surface area contributed by atoms with Crippen molar-refractivity contribution in [2.24, 2.45) is 0 Å². The lowest BCUT2D eigenvalue weighted by molar-refractivity contribution is -0.132. The molecule has 0 aliphatic carbocycles. The van der Waals surface area contributed by atoms with E-state index in [4.69, 9.17) is 11.6 Å². The number of rotatable bonds is 5. The molecule has 3 rings (SSSR count). The van der Waals surface area contributed by atoms with Gasteiger partial charge in [0, 0.05) is 12.1 Å². The molecule has 3 aromatic rings. The summed E-state index contributed by atoms with van der Waals surface area (Å²) in [6.07, 6.45) is 0. The molecule has 1 unspecified atom stereocenters. The van der Waals surface area contributed by atoms with E-state index in [1.54, 1.807) is 48.3 Å². The summed E-state index contributed by atoms with van der Waals surface area (Å²) in [6, 6.07) is 16.1. The zero-order valence-corrected chi connectivity index (χ0v) is 15.2. The van der Waals surface area contributed by atoms with Crippen LogP contribution in [0.5, 0.6) is 0 Å². The number of carbonyl (C=O) groups is 1. The maximum Gasteiger partial charge on any atom is 0.368 e. The fraction of sp³-hybridized carbons (Fsp3) is 0.222. The molecule has 0 radical (unpaired) electrons. The Bertz CT molecular complexity index is 950. The summed E-state index contributed by atoms with van der Waals surface area (Å²) in [5.41, 5.74) is 1.08. The minimum atomic E-state index is -0.461. The van der Waals surface area contributed by atoms with Gasteiger partial charge in [-0.1, -0.05) is 41.9 Å². The third-order valence-corrected chi connectivity index (χ3v) is 4.50. The highest BCUT2D eigenvalue weighted by molar-refractivity contribution is 6.30. The van der Waals surface area contributed by atoms with Crippen LogP contribution in [0, 0.1) is 0 Å². The average molecular weight is 372 g/mol. The van der Waals surface area contributed by atoms with E-state index in [0.29, 0.717) is 10.7 Å². The molecule has 0 N–H and O–H groups in total. The quantitative estimate of drug-likeness (QED) is 0.689. The molecule has 1 aromatic heterocycles. The Morgan fingerprint density at radius 1 is 1.12 bits per heavy atom. The second kappa shape index (κ2) is 7.53. The van der Waals surface area contributed by atoms with Crippen LogP contribution in [0.1, 0.15) is 18.5 Å². The number of para-hydroxylation sites is 1. The van der Waals surface area contributed by atoms with Crippen LogP contribution >= 0.6 is 11.6 Å². The van der Waals surface area contributed by atoms with Gasteiger partial charge in [-0.2, -0.15) is 9.36 Å². The standard InChI is InChI=1S/C18H18ClN5O2/c1-13(14-8-10-15(19)11-9-14)22(2)17(25)12-23-18(26)24(21-20-23)16-6-4-3-5-7-16/h3-11,13H,12H2,1-2H3. The Kier molecular flexibility index (Phi) is 5.18. The number of hydrogen-bond donors (Lipinski definition) is 0. The van der Waals surface area contributed by atoms with Gasteiger partial charge in [0.1, 0.15) is 6.54 Å². The number of carbonyl (C=O) groups excluding carboxylic acids is 1. The van der Waals surface area contributed by atoms with Crippen molar-refractivity contribution in [2.45, 2.75) is 19.5 Å². The number of likely N-dealkylation sites (N-methyl/N-ethyl adjacent to an activating group) is 1. The number of halogens is 1. The second-order valence-corrected chi connectivity index (χ2v) is 6.34. The Labute approximate surface area is 155 Å². The van der Waals surface area contributed by atoms with Crippen molar-refractivity contribution in [1.82, 2.24) is 24.7 Å². The van der Waals surface area contributed by atoms with Gasteiger partial charge in [-0.25, -0.2) is 4.79 Å². The maximum absolute atomic E-state index is 12.6. The molecule has 0 bridgehead atoms. The lowest BCUT2D eigenvalue weighted by atomic mass is 10.1. The van der Waals surface area contributed by atoms with Crippen LogP contribution in [0.2, 0.25) is 5.02 Å². The smallest absolute Gasteiger partial charge is 0.337 e. The SMILES string of the molecule is CC(c1ccc(Cl)cc1)N(C)C(=O)Cn1nnn(-c2ccccc2)c1=O. The van der Waals surface area contributed by atoms with E-state index in [2.05, 4.69) is 10.4 Å². The number of benzene rings is 2. The van der Waals surface area contributed by atoms with Crippen molar-refractivity contribution in [3.05, 3.63) is 75.7 Å². The molecule has 2 aromatic carbocycles. The summed E-state index contributed by atoms with van der Waals surface area (Å²) in [4.78, 5) is 26.5. The van der Waals surface area contributed by atoms with Crippen LogP contribution in [-0.2, 0) is 11.3 Å². The van der Waals surface area contributed by atoms with Gasteiger partial charge in [-0.05, 0) is 47.2 Å². The van der Waals surface area contributed by atoms with Gasteiger partial charge >= 0.3 is 5.69 Å². The first-order valence-electron chi connectivity index (χ1n) is 8.06. The predicted octanol–water partition coefficient (Wildman–Crippen LogP) is 2.30. The largest absolute Gasteiger partial charge is 0.368 e. The molecule has 0 aliphatic heterocycles. The summed E-state index contributed by atoms with van der Waals surface area (Å²) in [5, 5.41) is 8.29. The van der Waals surface area contributed by atoms with Crippen LogP contribution in [0.4, 0.5) is 0 Å². The number of aromatic nitrogens is 4. The van der Waals surface area contributed by atoms with Crippen molar-refractivity contribution in [1.29, 1.82) is 0 Å². The van der Waals surface area contributed by atoms with Gasteiger partial charge in [0.2, 0.25) is 5.91 Å². The molecular weight excluding hydrogens is 354 g/mol. The van der Waals surface area contributed by atoms with Gasteiger partial charge in [0.05, 0.1) is 11.7 Å². The molecule has 0 saturated heterocycles. The molecule has 1 amide bonds. The molecule has 26 heavy (non-hydrogen) atoms. The average Bonchev–Trinajstić information content (AvgIpc) is 3.02. The zero-order valence-electron chi connectivity index (χ0n) is 14.4. The maximum atomic E-state index is 12.6. The topological polar surface area (TPSA) is 73.0 Å². The minimum absolute atomic E-state index is 0.167.